The van der Waals surface area contributed by atoms with Gasteiger partial charge >= 0.3 is 103 Å². The van der Waals surface area contributed by atoms with Gasteiger partial charge in [0.05, 0.1) is 0 Å². The molecule has 0 amide bonds. The number of hydrogen-bond acceptors (Lipinski definition) is 4. The van der Waals surface area contributed by atoms with Crippen LogP contribution in [0.15, 0.2) is 48.5 Å². The third kappa shape index (κ3) is 7.64. The monoisotopic (exact) mass is 328 g/mol. The van der Waals surface area contributed by atoms with Crippen molar-refractivity contribution in [3.8, 4) is 16.9 Å². The van der Waals surface area contributed by atoms with Gasteiger partial charge in [-0.3, -0.25) is 0 Å². The molecule has 0 spiro atoms. The minimum absolute atomic E-state index is 0. The zero-order valence-electron chi connectivity index (χ0n) is 14.1. The number of methoxy groups -OCH3 is 1. The van der Waals surface area contributed by atoms with E-state index < -0.39 is 0 Å². The Morgan fingerprint density at radius 2 is 1.21 bits per heavy atom. The van der Waals surface area contributed by atoms with Crippen LogP contribution in [0.5, 0.6) is 5.75 Å². The summed E-state index contributed by atoms with van der Waals surface area (Å²) >= 11 is 0. The molecule has 0 atom stereocenters. The second-order valence-electron chi connectivity index (χ2n) is 5.40. The molecule has 0 aliphatic carbocycles. The van der Waals surface area contributed by atoms with Crippen molar-refractivity contribution in [2.75, 3.05) is 20.3 Å². The van der Waals surface area contributed by atoms with Crippen LogP contribution in [0.25, 0.3) is 11.1 Å². The molecular formula is C19H25BO4. The maximum absolute atomic E-state index is 5.77. The fraction of sp³-hybridized carbons (Fsp3) is 0.368. The van der Waals surface area contributed by atoms with Crippen LogP contribution < -0.4 is 10.2 Å². The first kappa shape index (κ1) is 22.2. The van der Waals surface area contributed by atoms with Gasteiger partial charge in [-0.2, -0.15) is 0 Å². The first-order chi connectivity index (χ1) is 10.8. The van der Waals surface area contributed by atoms with E-state index in [1.165, 1.54) is 24.0 Å². The molecule has 0 aliphatic heterocycles. The molecule has 128 valence electrons. The number of unbranched alkanes of at least 4 members (excludes halogenated alkanes) is 3. The Morgan fingerprint density at radius 3 is 1.75 bits per heavy atom. The van der Waals surface area contributed by atoms with E-state index in [9.17, 15) is 0 Å². The smallest absolute Gasteiger partial charge is 0.870 e. The third-order valence-electron chi connectivity index (χ3n) is 3.61. The Labute approximate surface area is 145 Å². The molecular weight excluding hydrogens is 303 g/mol. The second-order valence-corrected chi connectivity index (χ2v) is 5.40. The maximum atomic E-state index is 5.77. The Morgan fingerprint density at radius 1 is 0.708 bits per heavy atom. The zero-order valence-corrected chi connectivity index (χ0v) is 14.1. The van der Waals surface area contributed by atoms with Crippen LogP contribution in [-0.4, -0.2) is 39.1 Å². The van der Waals surface area contributed by atoms with Crippen LogP contribution >= 0.6 is 0 Å². The van der Waals surface area contributed by atoms with E-state index >= 15 is 0 Å². The van der Waals surface area contributed by atoms with Crippen molar-refractivity contribution in [2.45, 2.75) is 25.7 Å². The number of rotatable bonds is 9. The average Bonchev–Trinajstić information content (AvgIpc) is 2.55. The largest absolute Gasteiger partial charge is 0.870 e. The third-order valence-corrected chi connectivity index (χ3v) is 3.61. The maximum Gasteiger partial charge on any atom is -0.870 e. The fourth-order valence-corrected chi connectivity index (χ4v) is 2.31. The summed E-state index contributed by atoms with van der Waals surface area (Å²) < 4.78 is 10.8. The quantitative estimate of drug-likeness (QED) is 0.522. The normalized spacial score (nSPS) is 9.79. The van der Waals surface area contributed by atoms with Gasteiger partial charge in [0.25, 0.3) is 0 Å². The molecule has 24 heavy (non-hydrogen) atoms. The van der Waals surface area contributed by atoms with Crippen LogP contribution in [0.2, 0.25) is 0 Å². The first-order valence-corrected chi connectivity index (χ1v) is 7.87. The predicted molar refractivity (Wildman–Crippen MR) is 97.0 cm³/mol. The van der Waals surface area contributed by atoms with Crippen molar-refractivity contribution >= 4 is 13.3 Å². The Bertz CT molecular complexity index is 540. The van der Waals surface area contributed by atoms with Crippen LogP contribution in [0, 0.1) is 0 Å². The van der Waals surface area contributed by atoms with Gasteiger partial charge in [0.2, 0.25) is 0 Å². The minimum atomic E-state index is 0. The van der Waals surface area contributed by atoms with Crippen LogP contribution in [0.3, 0.4) is 0 Å². The van der Waals surface area contributed by atoms with E-state index in [1.54, 1.807) is 7.11 Å². The molecule has 0 aliphatic rings. The van der Waals surface area contributed by atoms with E-state index in [0.29, 0.717) is 0 Å². The predicted octanol–water partition coefficient (Wildman–Crippen LogP) is 3.38. The summed E-state index contributed by atoms with van der Waals surface area (Å²) in [4.78, 5) is 0. The molecule has 0 unspecified atom stereocenters. The summed E-state index contributed by atoms with van der Waals surface area (Å²) in [6, 6.07) is 16.1. The van der Waals surface area contributed by atoms with Gasteiger partial charge < -0.3 is 15.7 Å². The van der Waals surface area contributed by atoms with E-state index in [0.717, 1.165) is 37.3 Å². The summed E-state index contributed by atoms with van der Waals surface area (Å²) in [5.74, 6) is 0.927. The summed E-state index contributed by atoms with van der Waals surface area (Å²) in [5.41, 5.74) is 3.13. The van der Waals surface area contributed by atoms with Crippen LogP contribution in [0.1, 0.15) is 25.7 Å². The fourth-order valence-electron chi connectivity index (χ4n) is 2.31. The molecule has 0 bridgehead atoms. The summed E-state index contributed by atoms with van der Waals surface area (Å²) in [5, 5.41) is 0. The van der Waals surface area contributed by atoms with Crippen molar-refractivity contribution in [3.63, 3.8) is 0 Å². The second kappa shape index (κ2) is 12.6. The molecule has 0 saturated carbocycles. The van der Waals surface area contributed by atoms with Crippen molar-refractivity contribution in [1.82, 2.24) is 0 Å². The van der Waals surface area contributed by atoms with Crippen molar-refractivity contribution in [3.05, 3.63) is 48.5 Å². The molecule has 0 fully saturated rings. The zero-order chi connectivity index (χ0) is 15.6. The van der Waals surface area contributed by atoms with Gasteiger partial charge in [-0.25, -0.2) is 0 Å². The minimum Gasteiger partial charge on any atom is -0.870 e. The average molecular weight is 328 g/mol. The van der Waals surface area contributed by atoms with Crippen LogP contribution in [0.4, 0.5) is 0 Å². The molecule has 2 aromatic carbocycles. The van der Waals surface area contributed by atoms with Gasteiger partial charge in [0, 0.05) is 13.7 Å². The van der Waals surface area contributed by atoms with E-state index in [-0.39, 0.29) is 11.0 Å². The standard InChI is InChI=1S/C19H23BO2.2H2O/c1-21-14-4-2-3-5-15-22-19-12-8-17(9-13-19)16-6-10-18(20)11-7-16;;/h6-13H,2-5,14-15H2,1H3;2*1H2/q+2;;/p-2. The van der Waals surface area contributed by atoms with E-state index in [4.69, 9.17) is 17.3 Å². The molecule has 2 rings (SSSR count). The first-order valence-electron chi connectivity index (χ1n) is 7.87. The summed E-state index contributed by atoms with van der Waals surface area (Å²) in [7, 11) is 7.46. The molecule has 0 radical (unpaired) electrons. The molecule has 0 heterocycles. The molecule has 0 saturated heterocycles. The SMILES string of the molecule is [B+2]c1ccc(-c2ccc(OCCCCCCOC)cc2)cc1.[OH-].[OH-]. The number of hydrogen-bond donors (Lipinski definition) is 0. The Hall–Kier alpha value is -1.82. The molecule has 0 aromatic heterocycles. The Balaban J connectivity index is 0.00000264. The van der Waals surface area contributed by atoms with Gasteiger partial charge in [0.1, 0.15) is 0 Å². The number of benzene rings is 2. The number of ether oxygens (including phenoxy) is 2. The van der Waals surface area contributed by atoms with Crippen molar-refractivity contribution in [1.29, 1.82) is 0 Å². The molecule has 4 nitrogen and oxygen atoms in total. The molecule has 5 heteroatoms. The summed E-state index contributed by atoms with van der Waals surface area (Å²) in [6.45, 7) is 1.63. The Kier molecular flexibility index (Phi) is 11.6. The molecule has 2 N–H and O–H groups in total. The van der Waals surface area contributed by atoms with Crippen molar-refractivity contribution in [2.24, 2.45) is 0 Å². The van der Waals surface area contributed by atoms with Gasteiger partial charge in [-0.05, 0) is 6.42 Å². The van der Waals surface area contributed by atoms with Gasteiger partial charge in [0.15, 0.2) is 0 Å². The van der Waals surface area contributed by atoms with E-state index in [2.05, 4.69) is 12.1 Å². The summed E-state index contributed by atoms with van der Waals surface area (Å²) in [6.07, 6.45) is 4.61. The van der Waals surface area contributed by atoms with Crippen molar-refractivity contribution < 1.29 is 20.4 Å². The van der Waals surface area contributed by atoms with E-state index in [1.807, 2.05) is 36.4 Å². The molecule has 2 aromatic rings. The van der Waals surface area contributed by atoms with Gasteiger partial charge in [-0.1, -0.05) is 6.42 Å². The van der Waals surface area contributed by atoms with Crippen LogP contribution in [-0.2, 0) is 4.74 Å². The van der Waals surface area contributed by atoms with Gasteiger partial charge in [-0.15, -0.1) is 0 Å². The topological polar surface area (TPSA) is 78.5 Å².